The highest BCUT2D eigenvalue weighted by molar-refractivity contribution is 5.66. The van der Waals surface area contributed by atoms with Crippen molar-refractivity contribution in [3.8, 4) is 6.07 Å². The van der Waals surface area contributed by atoms with Crippen LogP contribution in [-0.2, 0) is 0 Å². The van der Waals surface area contributed by atoms with Gasteiger partial charge in [0.2, 0.25) is 0 Å². The average molecular weight is 170 g/mol. The summed E-state index contributed by atoms with van der Waals surface area (Å²) in [5.41, 5.74) is 0. The van der Waals surface area contributed by atoms with Gasteiger partial charge in [0.25, 0.3) is 0 Å². The lowest BCUT2D eigenvalue weighted by atomic mass is 10.1. The number of rotatable bonds is 1. The molecule has 1 unspecified atom stereocenters. The van der Waals surface area contributed by atoms with Crippen LogP contribution in [0.4, 0.5) is 4.79 Å². The first-order valence-electron chi connectivity index (χ1n) is 3.69. The zero-order valence-corrected chi connectivity index (χ0v) is 6.47. The maximum absolute atomic E-state index is 10.5. The summed E-state index contributed by atoms with van der Waals surface area (Å²) in [6.07, 6.45) is -1.14. The molecule has 0 aliphatic carbocycles. The van der Waals surface area contributed by atoms with Crippen molar-refractivity contribution < 1.29 is 15.0 Å². The lowest BCUT2D eigenvalue weighted by Gasteiger charge is -2.17. The maximum Gasteiger partial charge on any atom is 0.407 e. The minimum absolute atomic E-state index is 0.127. The smallest absolute Gasteiger partial charge is 0.407 e. The second-order valence-corrected chi connectivity index (χ2v) is 2.84. The fraction of sp³-hybridized carbons (Fsp3) is 0.714. The molecule has 5 nitrogen and oxygen atoms in total. The van der Waals surface area contributed by atoms with Gasteiger partial charge >= 0.3 is 6.09 Å². The predicted molar refractivity (Wildman–Crippen MR) is 39.4 cm³/mol. The number of carbonyl (C=O) groups is 1. The molecule has 1 aliphatic heterocycles. The van der Waals surface area contributed by atoms with E-state index >= 15 is 0 Å². The Morgan fingerprint density at radius 3 is 2.92 bits per heavy atom. The summed E-state index contributed by atoms with van der Waals surface area (Å²) in [7, 11) is 0. The van der Waals surface area contributed by atoms with Crippen LogP contribution in [0.15, 0.2) is 0 Å². The molecule has 2 N–H and O–H groups in total. The number of aliphatic hydroxyl groups is 1. The average Bonchev–Trinajstić information content (AvgIpc) is 2.32. The molecule has 1 saturated heterocycles. The zero-order valence-electron chi connectivity index (χ0n) is 6.47. The van der Waals surface area contributed by atoms with Crippen molar-refractivity contribution in [2.24, 2.45) is 0 Å². The molecule has 2 atom stereocenters. The summed E-state index contributed by atoms with van der Waals surface area (Å²) in [5, 5.41) is 26.1. The first-order chi connectivity index (χ1) is 5.65. The Morgan fingerprint density at radius 1 is 1.75 bits per heavy atom. The van der Waals surface area contributed by atoms with E-state index in [1.165, 1.54) is 0 Å². The number of hydrogen-bond acceptors (Lipinski definition) is 3. The summed E-state index contributed by atoms with van der Waals surface area (Å²) in [5.74, 6) is 0. The number of nitriles is 1. The first-order valence-corrected chi connectivity index (χ1v) is 3.69. The Hall–Kier alpha value is -1.28. The fourth-order valence-electron chi connectivity index (χ4n) is 1.43. The Morgan fingerprint density at radius 2 is 2.42 bits per heavy atom. The number of carboxylic acid groups (broad SMARTS) is 1. The van der Waals surface area contributed by atoms with Crippen molar-refractivity contribution in [2.75, 3.05) is 6.54 Å². The van der Waals surface area contributed by atoms with Crippen LogP contribution in [0.5, 0.6) is 0 Å². The summed E-state index contributed by atoms with van der Waals surface area (Å²) in [6.45, 7) is 0.127. The van der Waals surface area contributed by atoms with E-state index in [-0.39, 0.29) is 19.0 Å². The number of aliphatic hydroxyl groups excluding tert-OH is 1. The Kier molecular flexibility index (Phi) is 2.51. The largest absolute Gasteiger partial charge is 0.465 e. The van der Waals surface area contributed by atoms with Gasteiger partial charge in [0.05, 0.1) is 31.2 Å². The number of hydrogen-bond donors (Lipinski definition) is 2. The molecule has 0 spiro atoms. The van der Waals surface area contributed by atoms with Gasteiger partial charge < -0.3 is 15.1 Å². The van der Waals surface area contributed by atoms with Crippen LogP contribution in [0.2, 0.25) is 0 Å². The molecule has 1 heterocycles. The van der Waals surface area contributed by atoms with E-state index in [1.807, 2.05) is 6.07 Å². The second kappa shape index (κ2) is 3.41. The highest BCUT2D eigenvalue weighted by atomic mass is 16.4. The van der Waals surface area contributed by atoms with Gasteiger partial charge in [-0.2, -0.15) is 5.26 Å². The van der Waals surface area contributed by atoms with Gasteiger partial charge in [-0.25, -0.2) is 4.79 Å². The standard InChI is InChI=1S/C7H10N2O3/c8-2-1-5-3-6(10)4-9(5)7(11)12/h5-6,10H,1,3-4H2,(H,11,12)/t5-,6?/m1/s1. The minimum atomic E-state index is -1.06. The third kappa shape index (κ3) is 1.66. The van der Waals surface area contributed by atoms with E-state index in [0.717, 1.165) is 4.90 Å². The van der Waals surface area contributed by atoms with Crippen molar-refractivity contribution in [3.05, 3.63) is 0 Å². The zero-order chi connectivity index (χ0) is 9.14. The van der Waals surface area contributed by atoms with Gasteiger partial charge in [-0.3, -0.25) is 0 Å². The lowest BCUT2D eigenvalue weighted by Crippen LogP contribution is -2.34. The molecule has 0 radical (unpaired) electrons. The van der Waals surface area contributed by atoms with Gasteiger partial charge in [0.15, 0.2) is 0 Å². The van der Waals surface area contributed by atoms with Crippen molar-refractivity contribution in [3.63, 3.8) is 0 Å². The number of nitrogens with zero attached hydrogens (tertiary/aromatic N) is 2. The summed E-state index contributed by atoms with van der Waals surface area (Å²) in [4.78, 5) is 11.7. The van der Waals surface area contributed by atoms with E-state index < -0.39 is 12.2 Å². The molecular formula is C7H10N2O3. The van der Waals surface area contributed by atoms with Crippen LogP contribution >= 0.6 is 0 Å². The van der Waals surface area contributed by atoms with Crippen molar-refractivity contribution in [1.82, 2.24) is 4.90 Å². The normalized spacial score (nSPS) is 28.5. The van der Waals surface area contributed by atoms with Crippen LogP contribution < -0.4 is 0 Å². The van der Waals surface area contributed by atoms with Crippen LogP contribution in [0.3, 0.4) is 0 Å². The van der Waals surface area contributed by atoms with Crippen LogP contribution in [0, 0.1) is 11.3 Å². The molecule has 0 aromatic rings. The third-order valence-corrected chi connectivity index (χ3v) is 1.96. The Bertz CT molecular complexity index is 223. The minimum Gasteiger partial charge on any atom is -0.465 e. The van der Waals surface area contributed by atoms with E-state index in [9.17, 15) is 4.79 Å². The van der Waals surface area contributed by atoms with Gasteiger partial charge in [-0.15, -0.1) is 0 Å². The molecule has 66 valence electrons. The molecular weight excluding hydrogens is 160 g/mol. The fourth-order valence-corrected chi connectivity index (χ4v) is 1.43. The van der Waals surface area contributed by atoms with Gasteiger partial charge in [-0.1, -0.05) is 0 Å². The monoisotopic (exact) mass is 170 g/mol. The third-order valence-electron chi connectivity index (χ3n) is 1.96. The Labute approximate surface area is 69.8 Å². The molecule has 1 rings (SSSR count). The van der Waals surface area contributed by atoms with Crippen molar-refractivity contribution >= 4 is 6.09 Å². The summed E-state index contributed by atoms with van der Waals surface area (Å²) in [6, 6.07) is 1.57. The number of β-amino-alcohol motifs (C(OH)–C–C–N with tert-alkyl or cyclic N) is 1. The van der Waals surface area contributed by atoms with E-state index in [1.54, 1.807) is 0 Å². The quantitative estimate of drug-likeness (QED) is 0.580. The molecule has 0 aromatic heterocycles. The molecule has 0 aromatic carbocycles. The van der Waals surface area contributed by atoms with Gasteiger partial charge in [-0.05, 0) is 6.42 Å². The SMILES string of the molecule is N#CC[C@@H]1CC(O)CN1C(=O)O. The topological polar surface area (TPSA) is 84.6 Å². The van der Waals surface area contributed by atoms with E-state index in [2.05, 4.69) is 0 Å². The molecule has 5 heteroatoms. The summed E-state index contributed by atoms with van der Waals surface area (Å²) < 4.78 is 0. The highest BCUT2D eigenvalue weighted by Crippen LogP contribution is 2.19. The van der Waals surface area contributed by atoms with Crippen molar-refractivity contribution in [1.29, 1.82) is 5.26 Å². The van der Waals surface area contributed by atoms with Crippen LogP contribution in [-0.4, -0.2) is 39.9 Å². The first kappa shape index (κ1) is 8.81. The second-order valence-electron chi connectivity index (χ2n) is 2.84. The highest BCUT2D eigenvalue weighted by Gasteiger charge is 2.33. The lowest BCUT2D eigenvalue weighted by molar-refractivity contribution is 0.131. The van der Waals surface area contributed by atoms with Gasteiger partial charge in [0.1, 0.15) is 0 Å². The van der Waals surface area contributed by atoms with E-state index in [0.29, 0.717) is 6.42 Å². The van der Waals surface area contributed by atoms with Crippen LogP contribution in [0.1, 0.15) is 12.8 Å². The molecule has 1 aliphatic rings. The number of likely N-dealkylation sites (tertiary alicyclic amines) is 1. The number of amides is 1. The molecule has 0 saturated carbocycles. The molecule has 12 heavy (non-hydrogen) atoms. The van der Waals surface area contributed by atoms with Crippen LogP contribution in [0.25, 0.3) is 0 Å². The summed E-state index contributed by atoms with van der Waals surface area (Å²) >= 11 is 0. The van der Waals surface area contributed by atoms with Gasteiger partial charge in [0, 0.05) is 0 Å². The Balaban J connectivity index is 2.60. The predicted octanol–water partition coefficient (Wildman–Crippen LogP) is 0.0133. The van der Waals surface area contributed by atoms with Crippen molar-refractivity contribution in [2.45, 2.75) is 25.0 Å². The molecule has 0 bridgehead atoms. The van der Waals surface area contributed by atoms with E-state index in [4.69, 9.17) is 15.5 Å². The molecule has 1 amide bonds. The maximum atomic E-state index is 10.5. The molecule has 1 fully saturated rings.